The van der Waals surface area contributed by atoms with Gasteiger partial charge in [-0.1, -0.05) is 19.1 Å². The Morgan fingerprint density at radius 3 is 2.69 bits per heavy atom. The summed E-state index contributed by atoms with van der Waals surface area (Å²) in [6.07, 6.45) is 0.347. The molecule has 0 aliphatic heterocycles. The van der Waals surface area contributed by atoms with Crippen LogP contribution in [0.5, 0.6) is 5.75 Å². The number of phenols is 1. The first kappa shape index (κ1) is 9.86. The van der Waals surface area contributed by atoms with Gasteiger partial charge in [0.05, 0.1) is 11.8 Å². The maximum atomic E-state index is 9.35. The Kier molecular flexibility index (Phi) is 3.58. The van der Waals surface area contributed by atoms with Crippen LogP contribution in [0, 0.1) is 0 Å². The number of phenolic OH excluding ortho intramolecular Hbond substituents is 1. The van der Waals surface area contributed by atoms with Gasteiger partial charge in [-0.15, -0.1) is 0 Å². The van der Waals surface area contributed by atoms with Crippen molar-refractivity contribution < 1.29 is 10.2 Å². The van der Waals surface area contributed by atoms with Crippen molar-refractivity contribution in [1.82, 2.24) is 0 Å². The van der Waals surface area contributed by atoms with Gasteiger partial charge in [0, 0.05) is 6.54 Å². The lowest BCUT2D eigenvalue weighted by Crippen LogP contribution is -2.18. The van der Waals surface area contributed by atoms with E-state index in [-0.39, 0.29) is 11.9 Å². The van der Waals surface area contributed by atoms with E-state index < -0.39 is 0 Å². The smallest absolute Gasteiger partial charge is 0.138 e. The molecule has 0 spiro atoms. The third-order valence-corrected chi connectivity index (χ3v) is 1.90. The first-order chi connectivity index (χ1) is 6.24. The van der Waals surface area contributed by atoms with E-state index in [1.807, 2.05) is 13.0 Å². The molecule has 0 aromatic heterocycles. The summed E-state index contributed by atoms with van der Waals surface area (Å²) in [4.78, 5) is 0. The summed E-state index contributed by atoms with van der Waals surface area (Å²) in [6, 6.07) is 6.98. The van der Waals surface area contributed by atoms with E-state index in [0.717, 1.165) is 0 Å². The number of anilines is 1. The summed E-state index contributed by atoms with van der Waals surface area (Å²) in [5, 5.41) is 21.6. The van der Waals surface area contributed by atoms with Gasteiger partial charge in [0.2, 0.25) is 0 Å². The molecule has 0 fully saturated rings. The molecule has 1 aromatic carbocycles. The molecule has 3 N–H and O–H groups in total. The third kappa shape index (κ3) is 2.95. The molecular weight excluding hydrogens is 166 g/mol. The highest BCUT2D eigenvalue weighted by Gasteiger charge is 2.02. The second kappa shape index (κ2) is 4.72. The molecule has 0 aliphatic rings. The SMILES string of the molecule is CCC(O)CNc1ccccc1O. The van der Waals surface area contributed by atoms with Crippen molar-refractivity contribution in [3.05, 3.63) is 24.3 Å². The lowest BCUT2D eigenvalue weighted by molar-refractivity contribution is 0.183. The Morgan fingerprint density at radius 1 is 1.38 bits per heavy atom. The zero-order valence-electron chi connectivity index (χ0n) is 7.70. The summed E-state index contributed by atoms with van der Waals surface area (Å²) in [5.74, 6) is 0.214. The van der Waals surface area contributed by atoms with E-state index in [1.165, 1.54) is 0 Å². The molecule has 13 heavy (non-hydrogen) atoms. The molecule has 0 bridgehead atoms. The molecule has 0 heterocycles. The quantitative estimate of drug-likeness (QED) is 0.618. The van der Waals surface area contributed by atoms with Crippen LogP contribution in [0.15, 0.2) is 24.3 Å². The van der Waals surface area contributed by atoms with Crippen LogP contribution in [0.1, 0.15) is 13.3 Å². The predicted octanol–water partition coefficient (Wildman–Crippen LogP) is 1.57. The molecule has 1 rings (SSSR count). The van der Waals surface area contributed by atoms with E-state index in [4.69, 9.17) is 0 Å². The van der Waals surface area contributed by atoms with Crippen LogP contribution in [0.3, 0.4) is 0 Å². The van der Waals surface area contributed by atoms with Crippen LogP contribution in [-0.4, -0.2) is 22.9 Å². The standard InChI is InChI=1S/C10H15NO2/c1-2-8(12)7-11-9-5-3-4-6-10(9)13/h3-6,8,11-13H,2,7H2,1H3. The number of para-hydroxylation sites is 2. The number of aliphatic hydroxyl groups is 1. The Labute approximate surface area is 78.0 Å². The molecule has 0 radical (unpaired) electrons. The number of benzene rings is 1. The minimum Gasteiger partial charge on any atom is -0.506 e. The average Bonchev–Trinajstić information content (AvgIpc) is 2.16. The zero-order chi connectivity index (χ0) is 9.68. The Bertz CT molecular complexity index is 263. The lowest BCUT2D eigenvalue weighted by Gasteiger charge is -2.11. The van der Waals surface area contributed by atoms with Gasteiger partial charge in [0.1, 0.15) is 5.75 Å². The molecule has 0 aliphatic carbocycles. The fourth-order valence-electron chi connectivity index (χ4n) is 0.995. The zero-order valence-corrected chi connectivity index (χ0v) is 7.70. The fraction of sp³-hybridized carbons (Fsp3) is 0.400. The van der Waals surface area contributed by atoms with Gasteiger partial charge in [-0.2, -0.15) is 0 Å². The Morgan fingerprint density at radius 2 is 2.08 bits per heavy atom. The van der Waals surface area contributed by atoms with Crippen LogP contribution in [0.25, 0.3) is 0 Å². The van der Waals surface area contributed by atoms with Crippen molar-refractivity contribution in [2.75, 3.05) is 11.9 Å². The normalized spacial score (nSPS) is 12.5. The lowest BCUT2D eigenvalue weighted by atomic mass is 10.2. The van der Waals surface area contributed by atoms with E-state index >= 15 is 0 Å². The fourth-order valence-corrected chi connectivity index (χ4v) is 0.995. The molecule has 72 valence electrons. The minimum absolute atomic E-state index is 0.214. The second-order valence-corrected chi connectivity index (χ2v) is 2.96. The van der Waals surface area contributed by atoms with Gasteiger partial charge in [0.15, 0.2) is 0 Å². The second-order valence-electron chi connectivity index (χ2n) is 2.96. The minimum atomic E-state index is -0.361. The van der Waals surface area contributed by atoms with Crippen molar-refractivity contribution in [3.8, 4) is 5.75 Å². The Balaban J connectivity index is 2.50. The van der Waals surface area contributed by atoms with Crippen LogP contribution < -0.4 is 5.32 Å². The molecular formula is C10H15NO2. The van der Waals surface area contributed by atoms with Gasteiger partial charge in [-0.3, -0.25) is 0 Å². The molecule has 0 saturated heterocycles. The van der Waals surface area contributed by atoms with Crippen molar-refractivity contribution in [2.45, 2.75) is 19.4 Å². The average molecular weight is 181 g/mol. The maximum Gasteiger partial charge on any atom is 0.138 e. The number of aliphatic hydroxyl groups excluding tert-OH is 1. The number of nitrogens with one attached hydrogen (secondary N) is 1. The summed E-state index contributed by atoms with van der Waals surface area (Å²) in [5.41, 5.74) is 0.662. The van der Waals surface area contributed by atoms with Crippen LogP contribution in [0.2, 0.25) is 0 Å². The van der Waals surface area contributed by atoms with Crippen molar-refractivity contribution in [3.63, 3.8) is 0 Å². The van der Waals surface area contributed by atoms with E-state index in [2.05, 4.69) is 5.32 Å². The van der Waals surface area contributed by atoms with Crippen LogP contribution >= 0.6 is 0 Å². The Hall–Kier alpha value is -1.22. The molecule has 3 nitrogen and oxygen atoms in total. The van der Waals surface area contributed by atoms with Crippen LogP contribution in [-0.2, 0) is 0 Å². The maximum absolute atomic E-state index is 9.35. The molecule has 3 heteroatoms. The first-order valence-electron chi connectivity index (χ1n) is 4.44. The van der Waals surface area contributed by atoms with Gasteiger partial charge in [0.25, 0.3) is 0 Å². The van der Waals surface area contributed by atoms with Gasteiger partial charge in [-0.25, -0.2) is 0 Å². The first-order valence-corrected chi connectivity index (χ1v) is 4.44. The number of rotatable bonds is 4. The van der Waals surface area contributed by atoms with Gasteiger partial charge < -0.3 is 15.5 Å². The van der Waals surface area contributed by atoms with Crippen LogP contribution in [0.4, 0.5) is 5.69 Å². The third-order valence-electron chi connectivity index (χ3n) is 1.90. The van der Waals surface area contributed by atoms with E-state index in [9.17, 15) is 10.2 Å². The molecule has 1 aromatic rings. The summed E-state index contributed by atoms with van der Waals surface area (Å²) < 4.78 is 0. The molecule has 1 atom stereocenters. The molecule has 1 unspecified atom stereocenters. The van der Waals surface area contributed by atoms with Crippen molar-refractivity contribution in [1.29, 1.82) is 0 Å². The summed E-state index contributed by atoms with van der Waals surface area (Å²) >= 11 is 0. The predicted molar refractivity (Wildman–Crippen MR) is 52.9 cm³/mol. The highest BCUT2D eigenvalue weighted by Crippen LogP contribution is 2.21. The van der Waals surface area contributed by atoms with E-state index in [1.54, 1.807) is 18.2 Å². The van der Waals surface area contributed by atoms with Gasteiger partial charge >= 0.3 is 0 Å². The molecule has 0 saturated carbocycles. The molecule has 0 amide bonds. The highest BCUT2D eigenvalue weighted by atomic mass is 16.3. The largest absolute Gasteiger partial charge is 0.506 e. The summed E-state index contributed by atoms with van der Waals surface area (Å²) in [7, 11) is 0. The summed E-state index contributed by atoms with van der Waals surface area (Å²) in [6.45, 7) is 2.38. The monoisotopic (exact) mass is 181 g/mol. The van der Waals surface area contributed by atoms with Gasteiger partial charge in [-0.05, 0) is 18.6 Å². The number of hydrogen-bond acceptors (Lipinski definition) is 3. The van der Waals surface area contributed by atoms with Crippen molar-refractivity contribution in [2.24, 2.45) is 0 Å². The topological polar surface area (TPSA) is 52.5 Å². The number of aromatic hydroxyl groups is 1. The number of hydrogen-bond donors (Lipinski definition) is 3. The highest BCUT2D eigenvalue weighted by molar-refractivity contribution is 5.55. The van der Waals surface area contributed by atoms with E-state index in [0.29, 0.717) is 18.7 Å². The van der Waals surface area contributed by atoms with Crippen molar-refractivity contribution >= 4 is 5.69 Å².